The monoisotopic (exact) mass is 259 g/mol. The topological polar surface area (TPSA) is 89.7 Å². The predicted octanol–water partition coefficient (Wildman–Crippen LogP) is 2.17. The Morgan fingerprint density at radius 1 is 1.32 bits per heavy atom. The first-order valence-electron chi connectivity index (χ1n) is 5.54. The molecule has 0 aliphatic heterocycles. The lowest BCUT2D eigenvalue weighted by Crippen LogP contribution is -1.99. The van der Waals surface area contributed by atoms with Gasteiger partial charge in [-0.05, 0) is 18.6 Å². The molecule has 0 saturated carbocycles. The van der Waals surface area contributed by atoms with Crippen LogP contribution in [0, 0.1) is 12.7 Å². The minimum absolute atomic E-state index is 0.0276. The van der Waals surface area contributed by atoms with Crippen LogP contribution in [-0.2, 0) is 0 Å². The summed E-state index contributed by atoms with van der Waals surface area (Å²) >= 11 is 0. The van der Waals surface area contributed by atoms with Crippen LogP contribution in [0.3, 0.4) is 0 Å². The molecule has 2 heterocycles. The molecule has 96 valence electrons. The van der Waals surface area contributed by atoms with Crippen molar-refractivity contribution in [1.82, 2.24) is 20.2 Å². The number of hydrogen-bond donors (Lipinski definition) is 2. The molecule has 0 radical (unpaired) electrons. The van der Waals surface area contributed by atoms with Crippen molar-refractivity contribution < 1.29 is 9.13 Å². The number of nitrogen functional groups attached to an aromatic ring is 1. The van der Waals surface area contributed by atoms with Crippen LogP contribution >= 0.6 is 0 Å². The summed E-state index contributed by atoms with van der Waals surface area (Å²) in [5.41, 5.74) is 6.49. The first-order chi connectivity index (χ1) is 9.15. The third kappa shape index (κ3) is 1.95. The number of nitrogens with one attached hydrogen (secondary N) is 1. The van der Waals surface area contributed by atoms with Crippen molar-refractivity contribution in [3.05, 3.63) is 35.8 Å². The van der Waals surface area contributed by atoms with Crippen molar-refractivity contribution in [2.24, 2.45) is 0 Å². The molecule has 2 aromatic heterocycles. The molecule has 3 rings (SSSR count). The van der Waals surface area contributed by atoms with E-state index in [0.29, 0.717) is 16.6 Å². The second-order valence-corrected chi connectivity index (χ2v) is 4.01. The number of aryl methyl sites for hydroxylation is 1. The summed E-state index contributed by atoms with van der Waals surface area (Å²) in [6, 6.07) is 4.88. The van der Waals surface area contributed by atoms with Crippen molar-refractivity contribution in [1.29, 1.82) is 0 Å². The SMILES string of the molecule is Cc1cccc(Oc2nc(N)nc3[nH]ncc23)c1F. The fraction of sp³-hybridized carbons (Fsp3) is 0.0833. The number of aromatic amines is 1. The van der Waals surface area contributed by atoms with Crippen LogP contribution in [0.1, 0.15) is 5.56 Å². The van der Waals surface area contributed by atoms with Gasteiger partial charge in [-0.3, -0.25) is 5.10 Å². The van der Waals surface area contributed by atoms with E-state index in [4.69, 9.17) is 10.5 Å². The Balaban J connectivity index is 2.10. The molecule has 19 heavy (non-hydrogen) atoms. The number of anilines is 1. The van der Waals surface area contributed by atoms with Crippen molar-refractivity contribution in [2.45, 2.75) is 6.92 Å². The summed E-state index contributed by atoms with van der Waals surface area (Å²) in [5, 5.41) is 7.02. The normalized spacial score (nSPS) is 10.8. The van der Waals surface area contributed by atoms with Crippen LogP contribution in [0.2, 0.25) is 0 Å². The number of fused-ring (bicyclic) bond motifs is 1. The van der Waals surface area contributed by atoms with E-state index in [-0.39, 0.29) is 17.6 Å². The zero-order valence-electron chi connectivity index (χ0n) is 10.0. The number of aromatic nitrogens is 4. The van der Waals surface area contributed by atoms with E-state index in [1.165, 1.54) is 12.3 Å². The Morgan fingerprint density at radius 2 is 2.16 bits per heavy atom. The average molecular weight is 259 g/mol. The molecule has 0 unspecified atom stereocenters. The third-order valence-electron chi connectivity index (χ3n) is 2.66. The zero-order chi connectivity index (χ0) is 13.4. The molecule has 0 atom stereocenters. The van der Waals surface area contributed by atoms with E-state index in [1.54, 1.807) is 19.1 Å². The smallest absolute Gasteiger partial charge is 0.235 e. The summed E-state index contributed by atoms with van der Waals surface area (Å²) < 4.78 is 19.4. The van der Waals surface area contributed by atoms with Gasteiger partial charge < -0.3 is 10.5 Å². The molecular weight excluding hydrogens is 249 g/mol. The van der Waals surface area contributed by atoms with Gasteiger partial charge in [-0.25, -0.2) is 4.39 Å². The molecule has 0 fully saturated rings. The minimum Gasteiger partial charge on any atom is -0.435 e. The summed E-state index contributed by atoms with van der Waals surface area (Å²) in [6.07, 6.45) is 1.50. The van der Waals surface area contributed by atoms with E-state index < -0.39 is 5.82 Å². The highest BCUT2D eigenvalue weighted by molar-refractivity contribution is 5.80. The highest BCUT2D eigenvalue weighted by Crippen LogP contribution is 2.29. The van der Waals surface area contributed by atoms with Crippen LogP contribution < -0.4 is 10.5 Å². The van der Waals surface area contributed by atoms with Gasteiger partial charge >= 0.3 is 0 Å². The lowest BCUT2D eigenvalue weighted by atomic mass is 10.2. The van der Waals surface area contributed by atoms with E-state index in [0.717, 1.165) is 0 Å². The van der Waals surface area contributed by atoms with Crippen LogP contribution in [0.15, 0.2) is 24.4 Å². The summed E-state index contributed by atoms with van der Waals surface area (Å²) in [7, 11) is 0. The van der Waals surface area contributed by atoms with Gasteiger partial charge in [-0.2, -0.15) is 15.1 Å². The highest BCUT2D eigenvalue weighted by atomic mass is 19.1. The Hall–Kier alpha value is -2.70. The maximum absolute atomic E-state index is 13.9. The largest absolute Gasteiger partial charge is 0.435 e. The van der Waals surface area contributed by atoms with Crippen molar-refractivity contribution in [2.75, 3.05) is 5.73 Å². The third-order valence-corrected chi connectivity index (χ3v) is 2.66. The van der Waals surface area contributed by atoms with Crippen molar-refractivity contribution >= 4 is 17.0 Å². The maximum Gasteiger partial charge on any atom is 0.235 e. The van der Waals surface area contributed by atoms with Gasteiger partial charge in [0, 0.05) is 0 Å². The first kappa shape index (κ1) is 11.4. The second-order valence-electron chi connectivity index (χ2n) is 4.01. The molecule has 0 bridgehead atoms. The van der Waals surface area contributed by atoms with E-state index in [1.807, 2.05) is 0 Å². The quantitative estimate of drug-likeness (QED) is 0.736. The molecule has 0 saturated heterocycles. The lowest BCUT2D eigenvalue weighted by Gasteiger charge is -2.08. The predicted molar refractivity (Wildman–Crippen MR) is 67.3 cm³/mol. The fourth-order valence-corrected chi connectivity index (χ4v) is 1.71. The Labute approximate surface area is 107 Å². The average Bonchev–Trinajstić information content (AvgIpc) is 2.83. The molecule has 0 aliphatic rings. The van der Waals surface area contributed by atoms with Gasteiger partial charge in [0.25, 0.3) is 0 Å². The molecule has 3 N–H and O–H groups in total. The van der Waals surface area contributed by atoms with Crippen LogP contribution in [-0.4, -0.2) is 20.2 Å². The minimum atomic E-state index is -0.434. The van der Waals surface area contributed by atoms with Crippen LogP contribution in [0.25, 0.3) is 11.0 Å². The second kappa shape index (κ2) is 4.20. The summed E-state index contributed by atoms with van der Waals surface area (Å²) in [5.74, 6) is -0.155. The van der Waals surface area contributed by atoms with E-state index in [9.17, 15) is 4.39 Å². The van der Waals surface area contributed by atoms with Gasteiger partial charge in [0.05, 0.1) is 6.20 Å². The highest BCUT2D eigenvalue weighted by Gasteiger charge is 2.13. The number of benzene rings is 1. The molecule has 6 nitrogen and oxygen atoms in total. The molecule has 1 aromatic carbocycles. The van der Waals surface area contributed by atoms with Gasteiger partial charge in [0.1, 0.15) is 5.39 Å². The summed E-state index contributed by atoms with van der Waals surface area (Å²) in [4.78, 5) is 7.91. The van der Waals surface area contributed by atoms with Gasteiger partial charge in [-0.15, -0.1) is 0 Å². The fourth-order valence-electron chi connectivity index (χ4n) is 1.71. The molecule has 0 amide bonds. The molecule has 7 heteroatoms. The lowest BCUT2D eigenvalue weighted by molar-refractivity contribution is 0.430. The first-order valence-corrected chi connectivity index (χ1v) is 5.54. The molecule has 3 aromatic rings. The Bertz CT molecular complexity index is 755. The maximum atomic E-state index is 13.9. The van der Waals surface area contributed by atoms with E-state index >= 15 is 0 Å². The number of rotatable bonds is 2. The molecular formula is C12H10FN5O. The Kier molecular flexibility index (Phi) is 2.52. The zero-order valence-corrected chi connectivity index (χ0v) is 10.0. The number of nitrogens with two attached hydrogens (primary N) is 1. The van der Waals surface area contributed by atoms with Crippen LogP contribution in [0.5, 0.6) is 11.6 Å². The number of H-pyrrole nitrogens is 1. The van der Waals surface area contributed by atoms with E-state index in [2.05, 4.69) is 20.2 Å². The number of halogens is 1. The van der Waals surface area contributed by atoms with Gasteiger partial charge in [0.2, 0.25) is 11.8 Å². The van der Waals surface area contributed by atoms with Crippen molar-refractivity contribution in [3.8, 4) is 11.6 Å². The van der Waals surface area contributed by atoms with Crippen LogP contribution in [0.4, 0.5) is 10.3 Å². The Morgan fingerprint density at radius 3 is 3.00 bits per heavy atom. The number of nitrogens with zero attached hydrogens (tertiary/aromatic N) is 3. The number of ether oxygens (including phenoxy) is 1. The number of hydrogen-bond acceptors (Lipinski definition) is 5. The van der Waals surface area contributed by atoms with Crippen molar-refractivity contribution in [3.63, 3.8) is 0 Å². The standard InChI is InChI=1S/C12H10FN5O/c1-6-3-2-4-8(9(6)13)19-11-7-5-15-18-10(7)16-12(14)17-11/h2-5H,1H3,(H3,14,15,16,17,18). The molecule has 0 spiro atoms. The van der Waals surface area contributed by atoms with Gasteiger partial charge in [0.15, 0.2) is 17.2 Å². The summed E-state index contributed by atoms with van der Waals surface area (Å²) in [6.45, 7) is 1.66. The van der Waals surface area contributed by atoms with Gasteiger partial charge in [-0.1, -0.05) is 12.1 Å². The molecule has 0 aliphatic carbocycles.